The lowest BCUT2D eigenvalue weighted by atomic mass is 10.0. The number of carboxylic acid groups (broad SMARTS) is 1. The van der Waals surface area contributed by atoms with Crippen LogP contribution in [0.15, 0.2) is 24.3 Å². The predicted octanol–water partition coefficient (Wildman–Crippen LogP) is 1.75. The number of nitrogens with zero attached hydrogens (tertiary/aromatic N) is 1. The molecule has 1 aromatic carbocycles. The molecule has 0 aromatic heterocycles. The Morgan fingerprint density at radius 3 is 2.35 bits per heavy atom. The number of rotatable bonds is 5. The van der Waals surface area contributed by atoms with Crippen molar-refractivity contribution in [2.24, 2.45) is 0 Å². The van der Waals surface area contributed by atoms with Gasteiger partial charge in [0.25, 0.3) is 0 Å². The molecule has 1 aliphatic rings. The maximum Gasteiger partial charge on any atom is 0.387 e. The van der Waals surface area contributed by atoms with Gasteiger partial charge in [0, 0.05) is 13.1 Å². The van der Waals surface area contributed by atoms with Crippen molar-refractivity contribution in [3.05, 3.63) is 29.8 Å². The van der Waals surface area contributed by atoms with E-state index in [-0.39, 0.29) is 5.75 Å². The zero-order chi connectivity index (χ0) is 14.5. The highest BCUT2D eigenvalue weighted by Gasteiger charge is 2.28. The SMILES string of the molecule is O=C(O)C(c1ccc(OC(F)F)cc1)N1CCOCC1. The second kappa shape index (κ2) is 6.62. The maximum absolute atomic E-state index is 12.1. The van der Waals surface area contributed by atoms with Gasteiger partial charge in [0.05, 0.1) is 13.2 Å². The molecule has 1 aliphatic heterocycles. The first-order valence-electron chi connectivity index (χ1n) is 6.17. The first kappa shape index (κ1) is 14.7. The minimum Gasteiger partial charge on any atom is -0.480 e. The predicted molar refractivity (Wildman–Crippen MR) is 65.8 cm³/mol. The van der Waals surface area contributed by atoms with E-state index >= 15 is 0 Å². The molecule has 1 atom stereocenters. The summed E-state index contributed by atoms with van der Waals surface area (Å²) in [4.78, 5) is 13.2. The van der Waals surface area contributed by atoms with E-state index in [2.05, 4.69) is 4.74 Å². The summed E-state index contributed by atoms with van der Waals surface area (Å²) in [7, 11) is 0. The van der Waals surface area contributed by atoms with Crippen LogP contribution in [-0.2, 0) is 9.53 Å². The van der Waals surface area contributed by atoms with E-state index in [0.717, 1.165) is 0 Å². The Morgan fingerprint density at radius 1 is 1.25 bits per heavy atom. The van der Waals surface area contributed by atoms with E-state index in [0.29, 0.717) is 31.9 Å². The zero-order valence-electron chi connectivity index (χ0n) is 10.7. The quantitative estimate of drug-likeness (QED) is 0.894. The van der Waals surface area contributed by atoms with Gasteiger partial charge >= 0.3 is 12.6 Å². The summed E-state index contributed by atoms with van der Waals surface area (Å²) in [5.74, 6) is -0.968. The van der Waals surface area contributed by atoms with Crippen molar-refractivity contribution in [1.82, 2.24) is 4.90 Å². The molecule has 110 valence electrons. The second-order valence-corrected chi connectivity index (χ2v) is 4.34. The molecule has 0 saturated carbocycles. The van der Waals surface area contributed by atoms with Crippen LogP contribution in [0.1, 0.15) is 11.6 Å². The van der Waals surface area contributed by atoms with Gasteiger partial charge in [-0.05, 0) is 17.7 Å². The summed E-state index contributed by atoms with van der Waals surface area (Å²) in [6, 6.07) is 4.87. The average Bonchev–Trinajstić information content (AvgIpc) is 2.41. The van der Waals surface area contributed by atoms with Gasteiger partial charge in [0.1, 0.15) is 11.8 Å². The molecule has 0 amide bonds. The molecule has 7 heteroatoms. The highest BCUT2D eigenvalue weighted by molar-refractivity contribution is 5.75. The van der Waals surface area contributed by atoms with Crippen LogP contribution in [0, 0.1) is 0 Å². The summed E-state index contributed by atoms with van der Waals surface area (Å²) in [6.45, 7) is -0.888. The van der Waals surface area contributed by atoms with Crippen molar-refractivity contribution < 1.29 is 28.2 Å². The van der Waals surface area contributed by atoms with Crippen molar-refractivity contribution in [3.63, 3.8) is 0 Å². The Morgan fingerprint density at radius 2 is 1.85 bits per heavy atom. The van der Waals surface area contributed by atoms with Gasteiger partial charge in [-0.1, -0.05) is 12.1 Å². The molecule has 2 rings (SSSR count). The molecule has 0 aliphatic carbocycles. The molecular weight excluding hydrogens is 272 g/mol. The third-order valence-electron chi connectivity index (χ3n) is 3.07. The molecule has 0 radical (unpaired) electrons. The van der Waals surface area contributed by atoms with Gasteiger partial charge in [-0.15, -0.1) is 0 Å². The first-order valence-corrected chi connectivity index (χ1v) is 6.17. The number of carbonyl (C=O) groups is 1. The van der Waals surface area contributed by atoms with Crippen molar-refractivity contribution in [2.75, 3.05) is 26.3 Å². The number of aliphatic carboxylic acids is 1. The number of alkyl halides is 2. The normalized spacial score (nSPS) is 17.9. The van der Waals surface area contributed by atoms with E-state index in [4.69, 9.17) is 4.74 Å². The Bertz CT molecular complexity index is 446. The molecule has 1 aromatic rings. The molecule has 1 unspecified atom stereocenters. The molecule has 0 bridgehead atoms. The number of hydrogen-bond acceptors (Lipinski definition) is 4. The topological polar surface area (TPSA) is 59.0 Å². The minimum absolute atomic E-state index is 0.00914. The fourth-order valence-corrected chi connectivity index (χ4v) is 2.18. The first-order chi connectivity index (χ1) is 9.58. The van der Waals surface area contributed by atoms with E-state index in [9.17, 15) is 18.7 Å². The van der Waals surface area contributed by atoms with Crippen molar-refractivity contribution in [2.45, 2.75) is 12.7 Å². The summed E-state index contributed by atoms with van der Waals surface area (Å²) in [5, 5.41) is 9.36. The van der Waals surface area contributed by atoms with E-state index in [1.165, 1.54) is 24.3 Å². The minimum atomic E-state index is -2.89. The van der Waals surface area contributed by atoms with Crippen LogP contribution in [0.5, 0.6) is 5.75 Å². The van der Waals surface area contributed by atoms with Crippen LogP contribution >= 0.6 is 0 Å². The zero-order valence-corrected chi connectivity index (χ0v) is 10.7. The van der Waals surface area contributed by atoms with Crippen LogP contribution in [0.2, 0.25) is 0 Å². The van der Waals surface area contributed by atoms with Gasteiger partial charge in [-0.2, -0.15) is 8.78 Å². The van der Waals surface area contributed by atoms with E-state index in [1.54, 1.807) is 4.90 Å². The Labute approximate surface area is 114 Å². The van der Waals surface area contributed by atoms with Crippen LogP contribution in [-0.4, -0.2) is 48.9 Å². The van der Waals surface area contributed by atoms with Gasteiger partial charge in [-0.25, -0.2) is 0 Å². The average molecular weight is 287 g/mol. The largest absolute Gasteiger partial charge is 0.480 e. The smallest absolute Gasteiger partial charge is 0.387 e. The third kappa shape index (κ3) is 3.64. The molecule has 5 nitrogen and oxygen atoms in total. The molecular formula is C13H15F2NO4. The molecule has 20 heavy (non-hydrogen) atoms. The third-order valence-corrected chi connectivity index (χ3v) is 3.07. The Balaban J connectivity index is 2.14. The summed E-state index contributed by atoms with van der Waals surface area (Å²) < 4.78 is 33.6. The highest BCUT2D eigenvalue weighted by atomic mass is 19.3. The number of carboxylic acids is 1. The highest BCUT2D eigenvalue weighted by Crippen LogP contribution is 2.25. The number of benzene rings is 1. The molecule has 1 fully saturated rings. The number of hydrogen-bond donors (Lipinski definition) is 1. The number of morpholine rings is 1. The fraction of sp³-hybridized carbons (Fsp3) is 0.462. The summed E-state index contributed by atoms with van der Waals surface area (Å²) in [6.07, 6.45) is 0. The Kier molecular flexibility index (Phi) is 4.86. The van der Waals surface area contributed by atoms with Gasteiger partial charge in [-0.3, -0.25) is 9.69 Å². The summed E-state index contributed by atoms with van der Waals surface area (Å²) >= 11 is 0. The molecule has 0 spiro atoms. The molecule has 1 saturated heterocycles. The maximum atomic E-state index is 12.1. The second-order valence-electron chi connectivity index (χ2n) is 4.34. The molecule has 1 heterocycles. The van der Waals surface area contributed by atoms with Crippen molar-refractivity contribution in [3.8, 4) is 5.75 Å². The van der Waals surface area contributed by atoms with Crippen LogP contribution in [0.25, 0.3) is 0 Å². The van der Waals surface area contributed by atoms with Crippen LogP contribution in [0.3, 0.4) is 0 Å². The fourth-order valence-electron chi connectivity index (χ4n) is 2.18. The van der Waals surface area contributed by atoms with Crippen LogP contribution in [0.4, 0.5) is 8.78 Å². The molecule has 1 N–H and O–H groups in total. The number of ether oxygens (including phenoxy) is 2. The lowest BCUT2D eigenvalue weighted by molar-refractivity contribution is -0.145. The van der Waals surface area contributed by atoms with E-state index < -0.39 is 18.6 Å². The van der Waals surface area contributed by atoms with Crippen molar-refractivity contribution in [1.29, 1.82) is 0 Å². The lowest BCUT2D eigenvalue weighted by Crippen LogP contribution is -2.42. The van der Waals surface area contributed by atoms with Gasteiger partial charge in [0.2, 0.25) is 0 Å². The van der Waals surface area contributed by atoms with Crippen molar-refractivity contribution >= 4 is 5.97 Å². The monoisotopic (exact) mass is 287 g/mol. The lowest BCUT2D eigenvalue weighted by Gasteiger charge is -2.32. The number of halogens is 2. The van der Waals surface area contributed by atoms with E-state index in [1.807, 2.05) is 0 Å². The van der Waals surface area contributed by atoms with Gasteiger partial charge < -0.3 is 14.6 Å². The standard InChI is InChI=1S/C13H15F2NO4/c14-13(15)20-10-3-1-9(2-4-10)11(12(17)18)16-5-7-19-8-6-16/h1-4,11,13H,5-8H2,(H,17,18). The van der Waals surface area contributed by atoms with Crippen LogP contribution < -0.4 is 4.74 Å². The summed E-state index contributed by atoms with van der Waals surface area (Å²) in [5.41, 5.74) is 0.529. The van der Waals surface area contributed by atoms with Gasteiger partial charge in [0.15, 0.2) is 0 Å². The Hall–Kier alpha value is -1.73.